The van der Waals surface area contributed by atoms with Crippen molar-refractivity contribution in [1.82, 2.24) is 0 Å². The van der Waals surface area contributed by atoms with Gasteiger partial charge in [0.25, 0.3) is 0 Å². The molecule has 0 aromatic rings. The Hall–Kier alpha value is -1.62. The molecule has 2 unspecified atom stereocenters. The number of hydrogen-bond donors (Lipinski definition) is 1. The summed E-state index contributed by atoms with van der Waals surface area (Å²) in [5.74, 6) is -0.683. The molecule has 0 saturated heterocycles. The third-order valence-electron chi connectivity index (χ3n) is 7.91. The molecular weight excluding hydrogens is 368 g/mol. The standard InChI is InChI=1S/C24H36O5/c1-8-23(6)12-16-17(27)11-19-22(4,5)10-9-20(29-15(3)26)24(19,7)21(16)18(13-23)28-14(2)25/h8,12,17-21,27H,1,9-11,13H2,2-7H3/t17-,18-,19?,20-,21?,23-,24-/m1/s1. The molecule has 0 bridgehead atoms. The molecule has 2 fully saturated rings. The molecule has 7 atom stereocenters. The largest absolute Gasteiger partial charge is 0.462 e. The summed E-state index contributed by atoms with van der Waals surface area (Å²) in [4.78, 5) is 23.9. The van der Waals surface area contributed by atoms with E-state index in [9.17, 15) is 14.7 Å². The minimum absolute atomic E-state index is 0.0160. The second-order valence-electron chi connectivity index (χ2n) is 10.5. The maximum Gasteiger partial charge on any atom is 0.302 e. The molecular formula is C24H36O5. The van der Waals surface area contributed by atoms with Gasteiger partial charge in [-0.3, -0.25) is 9.59 Å². The fourth-order valence-electron chi connectivity index (χ4n) is 6.61. The first-order chi connectivity index (χ1) is 13.3. The average molecular weight is 405 g/mol. The summed E-state index contributed by atoms with van der Waals surface area (Å²) in [6, 6.07) is 0. The van der Waals surface area contributed by atoms with Crippen molar-refractivity contribution in [2.75, 3.05) is 0 Å². The van der Waals surface area contributed by atoms with Crippen LogP contribution in [-0.2, 0) is 19.1 Å². The molecule has 0 radical (unpaired) electrons. The Morgan fingerprint density at radius 1 is 1.17 bits per heavy atom. The molecule has 3 aliphatic carbocycles. The Morgan fingerprint density at radius 3 is 2.34 bits per heavy atom. The molecule has 0 heterocycles. The van der Waals surface area contributed by atoms with Crippen LogP contribution in [0.1, 0.15) is 67.2 Å². The summed E-state index contributed by atoms with van der Waals surface area (Å²) in [6.07, 6.45) is 5.61. The van der Waals surface area contributed by atoms with Gasteiger partial charge < -0.3 is 14.6 Å². The predicted octanol–water partition coefficient (Wildman–Crippen LogP) is 4.20. The number of rotatable bonds is 3. The third-order valence-corrected chi connectivity index (χ3v) is 7.91. The lowest BCUT2D eigenvalue weighted by Gasteiger charge is -2.63. The van der Waals surface area contributed by atoms with Gasteiger partial charge in [-0.25, -0.2) is 0 Å². The van der Waals surface area contributed by atoms with Crippen LogP contribution in [0.25, 0.3) is 0 Å². The molecule has 0 aromatic heterocycles. The van der Waals surface area contributed by atoms with Gasteiger partial charge in [-0.05, 0) is 42.6 Å². The zero-order chi connectivity index (χ0) is 21.8. The van der Waals surface area contributed by atoms with Crippen molar-refractivity contribution in [2.24, 2.45) is 28.1 Å². The van der Waals surface area contributed by atoms with Crippen molar-refractivity contribution in [2.45, 2.75) is 85.5 Å². The smallest absolute Gasteiger partial charge is 0.302 e. The summed E-state index contributed by atoms with van der Waals surface area (Å²) in [5.41, 5.74) is 0.0921. The summed E-state index contributed by atoms with van der Waals surface area (Å²) < 4.78 is 11.7. The first-order valence-electron chi connectivity index (χ1n) is 10.7. The molecule has 0 aliphatic heterocycles. The first-order valence-corrected chi connectivity index (χ1v) is 10.7. The molecule has 3 rings (SSSR count). The Bertz CT molecular complexity index is 738. The maximum absolute atomic E-state index is 12.0. The van der Waals surface area contributed by atoms with E-state index in [0.717, 1.165) is 18.4 Å². The van der Waals surface area contributed by atoms with Crippen LogP contribution in [0.15, 0.2) is 24.3 Å². The number of allylic oxidation sites excluding steroid dienone is 2. The van der Waals surface area contributed by atoms with E-state index in [4.69, 9.17) is 9.47 Å². The van der Waals surface area contributed by atoms with Crippen LogP contribution in [0.3, 0.4) is 0 Å². The molecule has 2 saturated carbocycles. The summed E-state index contributed by atoms with van der Waals surface area (Å²) in [7, 11) is 0. The van der Waals surface area contributed by atoms with Crippen molar-refractivity contribution in [3.05, 3.63) is 24.3 Å². The Kier molecular flexibility index (Phi) is 5.53. The lowest BCUT2D eigenvalue weighted by atomic mass is 9.43. The van der Waals surface area contributed by atoms with Gasteiger partial charge in [-0.15, -0.1) is 6.58 Å². The van der Waals surface area contributed by atoms with Gasteiger partial charge in [0.1, 0.15) is 12.2 Å². The Balaban J connectivity index is 2.19. The van der Waals surface area contributed by atoms with Gasteiger partial charge in [0.2, 0.25) is 0 Å². The monoisotopic (exact) mass is 404 g/mol. The van der Waals surface area contributed by atoms with Gasteiger partial charge in [0.05, 0.1) is 6.10 Å². The summed E-state index contributed by atoms with van der Waals surface area (Å²) in [6.45, 7) is 15.5. The number of aliphatic hydroxyl groups is 1. The van der Waals surface area contributed by atoms with Gasteiger partial charge in [0.15, 0.2) is 0 Å². The summed E-state index contributed by atoms with van der Waals surface area (Å²) >= 11 is 0. The molecule has 5 nitrogen and oxygen atoms in total. The second kappa shape index (κ2) is 7.26. The van der Waals surface area contributed by atoms with Crippen LogP contribution >= 0.6 is 0 Å². The molecule has 0 spiro atoms. The van der Waals surface area contributed by atoms with E-state index in [2.05, 4.69) is 40.3 Å². The van der Waals surface area contributed by atoms with E-state index < -0.39 is 17.6 Å². The van der Waals surface area contributed by atoms with Gasteiger partial charge in [-0.2, -0.15) is 0 Å². The molecule has 29 heavy (non-hydrogen) atoms. The lowest BCUT2D eigenvalue weighted by Crippen LogP contribution is -2.63. The zero-order valence-corrected chi connectivity index (χ0v) is 18.7. The molecule has 1 N–H and O–H groups in total. The van der Waals surface area contributed by atoms with Crippen LogP contribution in [0, 0.1) is 28.1 Å². The highest BCUT2D eigenvalue weighted by atomic mass is 16.5. The highest BCUT2D eigenvalue weighted by Gasteiger charge is 2.64. The number of carbonyl (C=O) groups excluding carboxylic acids is 2. The van der Waals surface area contributed by atoms with Crippen molar-refractivity contribution in [1.29, 1.82) is 0 Å². The number of carbonyl (C=O) groups is 2. The van der Waals surface area contributed by atoms with Crippen LogP contribution in [0.5, 0.6) is 0 Å². The maximum atomic E-state index is 12.0. The van der Waals surface area contributed by atoms with Crippen molar-refractivity contribution < 1.29 is 24.2 Å². The second-order valence-corrected chi connectivity index (χ2v) is 10.5. The van der Waals surface area contributed by atoms with E-state index in [-0.39, 0.29) is 40.7 Å². The molecule has 162 valence electrons. The molecule has 3 aliphatic rings. The SMILES string of the molecule is C=C[C@]1(C)C=C2C([C@H](OC(C)=O)C1)[C@]1(C)C(C[C@H]2O)C(C)(C)CC[C@H]1OC(C)=O. The van der Waals surface area contributed by atoms with Crippen molar-refractivity contribution >= 4 is 11.9 Å². The highest BCUT2D eigenvalue weighted by molar-refractivity contribution is 5.67. The van der Waals surface area contributed by atoms with Gasteiger partial charge in [-0.1, -0.05) is 39.8 Å². The van der Waals surface area contributed by atoms with Crippen molar-refractivity contribution in [3.8, 4) is 0 Å². The normalized spacial score (nSPS) is 43.3. The van der Waals surface area contributed by atoms with E-state index in [1.54, 1.807) is 0 Å². The van der Waals surface area contributed by atoms with E-state index in [0.29, 0.717) is 12.8 Å². The van der Waals surface area contributed by atoms with Crippen LogP contribution < -0.4 is 0 Å². The van der Waals surface area contributed by atoms with Crippen LogP contribution in [-0.4, -0.2) is 35.4 Å². The fourth-order valence-corrected chi connectivity index (χ4v) is 6.61. The van der Waals surface area contributed by atoms with E-state index in [1.165, 1.54) is 13.8 Å². The fraction of sp³-hybridized carbons (Fsp3) is 0.750. The number of aliphatic hydroxyl groups excluding tert-OH is 1. The number of esters is 2. The van der Waals surface area contributed by atoms with Crippen molar-refractivity contribution in [3.63, 3.8) is 0 Å². The van der Waals surface area contributed by atoms with Crippen LogP contribution in [0.4, 0.5) is 0 Å². The average Bonchev–Trinajstić information content (AvgIpc) is 2.59. The topological polar surface area (TPSA) is 72.8 Å². The van der Waals surface area contributed by atoms with Gasteiger partial charge in [0, 0.05) is 30.6 Å². The van der Waals surface area contributed by atoms with E-state index >= 15 is 0 Å². The third kappa shape index (κ3) is 3.67. The number of ether oxygens (including phenoxy) is 2. The lowest BCUT2D eigenvalue weighted by molar-refractivity contribution is -0.205. The molecule has 0 aromatic carbocycles. The zero-order valence-electron chi connectivity index (χ0n) is 18.7. The number of fused-ring (bicyclic) bond motifs is 3. The minimum atomic E-state index is -0.605. The summed E-state index contributed by atoms with van der Waals surface area (Å²) in [5, 5.41) is 11.2. The Morgan fingerprint density at radius 2 is 1.79 bits per heavy atom. The number of hydrogen-bond acceptors (Lipinski definition) is 5. The first kappa shape index (κ1) is 22.1. The van der Waals surface area contributed by atoms with Crippen LogP contribution in [0.2, 0.25) is 0 Å². The molecule has 5 heteroatoms. The molecule has 0 amide bonds. The minimum Gasteiger partial charge on any atom is -0.462 e. The quantitative estimate of drug-likeness (QED) is 0.564. The Labute approximate surface area is 174 Å². The van der Waals surface area contributed by atoms with Gasteiger partial charge >= 0.3 is 11.9 Å². The van der Waals surface area contributed by atoms with E-state index in [1.807, 2.05) is 6.08 Å². The highest BCUT2D eigenvalue weighted by Crippen LogP contribution is 2.64. The predicted molar refractivity (Wildman–Crippen MR) is 111 cm³/mol.